The maximum absolute atomic E-state index is 12.9. The van der Waals surface area contributed by atoms with E-state index < -0.39 is 0 Å². The number of rotatable bonds is 8. The average molecular weight is 584 g/mol. The topological polar surface area (TPSA) is 26.3 Å². The summed E-state index contributed by atoms with van der Waals surface area (Å²) in [6.07, 6.45) is 16.9. The average Bonchev–Trinajstić information content (AvgIpc) is 3.26. The van der Waals surface area contributed by atoms with Crippen LogP contribution in [-0.4, -0.2) is 12.1 Å². The second kappa shape index (κ2) is 11.4. The van der Waals surface area contributed by atoms with E-state index in [-0.39, 0.29) is 12.1 Å². The molecule has 0 aliphatic heterocycles. The van der Waals surface area contributed by atoms with E-state index in [9.17, 15) is 4.79 Å². The highest BCUT2D eigenvalue weighted by molar-refractivity contribution is 9.08. The van der Waals surface area contributed by atoms with Crippen LogP contribution in [0.3, 0.4) is 0 Å². The highest BCUT2D eigenvalue weighted by Gasteiger charge is 2.59. The predicted molar refractivity (Wildman–Crippen MR) is 161 cm³/mol. The van der Waals surface area contributed by atoms with Crippen LogP contribution in [0.2, 0.25) is 0 Å². The van der Waals surface area contributed by atoms with Crippen LogP contribution in [0.4, 0.5) is 0 Å². The van der Waals surface area contributed by atoms with Gasteiger partial charge in [0.15, 0.2) is 0 Å². The molecule has 0 heterocycles. The van der Waals surface area contributed by atoms with Crippen LogP contribution in [0.1, 0.15) is 121 Å². The smallest absolute Gasteiger partial charge is 0.338 e. The molecule has 0 spiro atoms. The summed E-state index contributed by atoms with van der Waals surface area (Å²) in [4.78, 5) is 12.9. The van der Waals surface area contributed by atoms with E-state index in [1.807, 2.05) is 24.3 Å². The van der Waals surface area contributed by atoms with Crippen molar-refractivity contribution in [1.29, 1.82) is 0 Å². The van der Waals surface area contributed by atoms with Gasteiger partial charge in [0.25, 0.3) is 0 Å². The van der Waals surface area contributed by atoms with E-state index in [0.717, 1.165) is 53.7 Å². The summed E-state index contributed by atoms with van der Waals surface area (Å²) in [6.45, 7) is 12.6. The number of fused-ring (bicyclic) bond motifs is 5. The van der Waals surface area contributed by atoms with Crippen LogP contribution in [-0.2, 0) is 10.1 Å². The molecule has 4 aliphatic carbocycles. The van der Waals surface area contributed by atoms with Gasteiger partial charge in [-0.15, -0.1) is 0 Å². The number of hydrogen-bond acceptors (Lipinski definition) is 2. The molecule has 5 rings (SSSR count). The predicted octanol–water partition coefficient (Wildman–Crippen LogP) is 10.1. The van der Waals surface area contributed by atoms with Crippen LogP contribution in [0.15, 0.2) is 35.9 Å². The molecule has 3 fully saturated rings. The molecule has 38 heavy (non-hydrogen) atoms. The van der Waals surface area contributed by atoms with Gasteiger partial charge in [-0.1, -0.05) is 93.6 Å². The number of esters is 1. The van der Waals surface area contributed by atoms with E-state index in [1.54, 1.807) is 5.57 Å². The van der Waals surface area contributed by atoms with Crippen molar-refractivity contribution in [2.75, 3.05) is 0 Å². The van der Waals surface area contributed by atoms with Gasteiger partial charge < -0.3 is 4.74 Å². The van der Waals surface area contributed by atoms with Gasteiger partial charge in [-0.3, -0.25) is 0 Å². The van der Waals surface area contributed by atoms with Crippen molar-refractivity contribution in [3.63, 3.8) is 0 Å². The van der Waals surface area contributed by atoms with Crippen LogP contribution in [0.25, 0.3) is 0 Å². The minimum Gasteiger partial charge on any atom is -0.458 e. The normalized spacial score (nSPS) is 37.1. The molecule has 0 aromatic heterocycles. The molecular weight excluding hydrogens is 532 g/mol. The van der Waals surface area contributed by atoms with Gasteiger partial charge in [-0.25, -0.2) is 4.79 Å². The van der Waals surface area contributed by atoms with Crippen LogP contribution >= 0.6 is 15.9 Å². The number of carbonyl (C=O) groups excluding carboxylic acids is 1. The highest BCUT2D eigenvalue weighted by Crippen LogP contribution is 2.67. The van der Waals surface area contributed by atoms with Gasteiger partial charge in [0.2, 0.25) is 0 Å². The van der Waals surface area contributed by atoms with Gasteiger partial charge in [-0.05, 0) is 109 Å². The molecule has 3 heteroatoms. The van der Waals surface area contributed by atoms with Crippen molar-refractivity contribution in [1.82, 2.24) is 0 Å². The first-order valence-corrected chi connectivity index (χ1v) is 16.8. The molecule has 0 saturated heterocycles. The molecule has 3 saturated carbocycles. The van der Waals surface area contributed by atoms with Crippen LogP contribution in [0.5, 0.6) is 0 Å². The zero-order valence-electron chi connectivity index (χ0n) is 24.6. The number of hydrogen-bond donors (Lipinski definition) is 0. The molecule has 1 aromatic rings. The molecule has 1 unspecified atom stereocenters. The summed E-state index contributed by atoms with van der Waals surface area (Å²) < 4.78 is 6.06. The first-order valence-electron chi connectivity index (χ1n) is 15.7. The fraction of sp³-hybridized carbons (Fsp3) is 0.743. The lowest BCUT2D eigenvalue weighted by molar-refractivity contribution is -0.0594. The molecule has 210 valence electrons. The lowest BCUT2D eigenvalue weighted by atomic mass is 9.47. The van der Waals surface area contributed by atoms with E-state index >= 15 is 0 Å². The standard InChI is InChI=1S/C35H51BrO2/c1-23(2)7-6-8-24(3)30-15-16-31-29-14-13-27-21-28(38-33(37)26-11-9-25(22-36)10-12-26)17-19-34(27,4)32(29)18-20-35(30,31)5/h9-13,23-24,28-32H,6-8,14-22H2,1-5H3/t24-,28?,29+,30-,31+,32+,34+,35-/m1/s1. The fourth-order valence-corrected chi connectivity index (χ4v) is 10.1. The molecule has 1 aromatic carbocycles. The van der Waals surface area contributed by atoms with Gasteiger partial charge in [0.05, 0.1) is 5.56 Å². The number of allylic oxidation sites excluding steroid dienone is 1. The molecule has 0 radical (unpaired) electrons. The molecule has 2 nitrogen and oxygen atoms in total. The zero-order valence-corrected chi connectivity index (χ0v) is 26.2. The van der Waals surface area contributed by atoms with Crippen molar-refractivity contribution in [3.8, 4) is 0 Å². The van der Waals surface area contributed by atoms with E-state index in [4.69, 9.17) is 4.74 Å². The first-order chi connectivity index (χ1) is 18.2. The number of benzene rings is 1. The Bertz CT molecular complexity index is 1010. The molecular formula is C35H51BrO2. The summed E-state index contributed by atoms with van der Waals surface area (Å²) in [6, 6.07) is 7.80. The summed E-state index contributed by atoms with van der Waals surface area (Å²) in [7, 11) is 0. The van der Waals surface area contributed by atoms with Crippen molar-refractivity contribution in [3.05, 3.63) is 47.0 Å². The minimum atomic E-state index is -0.165. The first kappa shape index (κ1) is 28.4. The Balaban J connectivity index is 1.24. The Morgan fingerprint density at radius 2 is 1.76 bits per heavy atom. The Kier molecular flexibility index (Phi) is 8.55. The maximum atomic E-state index is 12.9. The summed E-state index contributed by atoms with van der Waals surface area (Å²) in [5, 5.41) is 0.803. The third-order valence-corrected chi connectivity index (χ3v) is 12.5. The zero-order chi connectivity index (χ0) is 27.1. The van der Waals surface area contributed by atoms with E-state index in [2.05, 4.69) is 56.6 Å². The van der Waals surface area contributed by atoms with Gasteiger partial charge in [0, 0.05) is 11.8 Å². The minimum absolute atomic E-state index is 0.0191. The van der Waals surface area contributed by atoms with E-state index in [1.165, 1.54) is 63.4 Å². The third kappa shape index (κ3) is 5.31. The quantitative estimate of drug-likeness (QED) is 0.173. The third-order valence-electron chi connectivity index (χ3n) is 11.9. The second-order valence-corrected chi connectivity index (χ2v) is 15.0. The van der Waals surface area contributed by atoms with Crippen molar-refractivity contribution in [2.24, 2.45) is 46.3 Å². The molecule has 4 aliphatic rings. The molecule has 0 bridgehead atoms. The number of alkyl halides is 1. The summed E-state index contributed by atoms with van der Waals surface area (Å²) in [5.41, 5.74) is 4.27. The Labute approximate surface area is 240 Å². The van der Waals surface area contributed by atoms with Gasteiger partial charge in [0.1, 0.15) is 6.10 Å². The van der Waals surface area contributed by atoms with Crippen molar-refractivity contribution >= 4 is 21.9 Å². The van der Waals surface area contributed by atoms with E-state index in [0.29, 0.717) is 16.4 Å². The number of halogens is 1. The fourth-order valence-electron chi connectivity index (χ4n) is 9.70. The molecule has 0 amide bonds. The Morgan fingerprint density at radius 1 is 1.00 bits per heavy atom. The number of ether oxygens (including phenoxy) is 1. The summed E-state index contributed by atoms with van der Waals surface area (Å²) >= 11 is 3.48. The molecule has 8 atom stereocenters. The second-order valence-electron chi connectivity index (χ2n) is 14.4. The lowest BCUT2D eigenvalue weighted by Crippen LogP contribution is -2.51. The monoisotopic (exact) mass is 582 g/mol. The van der Waals surface area contributed by atoms with Gasteiger partial charge >= 0.3 is 5.97 Å². The SMILES string of the molecule is CC(C)CCC[C@@H](C)[C@H]1CC[C@H]2[C@@H]3CC=C4CC(OC(=O)c5ccc(CBr)cc5)CC[C@]4(C)[C@H]3CC[C@]12C. The highest BCUT2D eigenvalue weighted by atomic mass is 79.9. The molecule has 0 N–H and O–H groups in total. The van der Waals surface area contributed by atoms with Crippen LogP contribution in [0, 0.1) is 46.3 Å². The number of carbonyl (C=O) groups is 1. The Hall–Kier alpha value is -1.09. The van der Waals surface area contributed by atoms with Gasteiger partial charge in [-0.2, -0.15) is 0 Å². The van der Waals surface area contributed by atoms with Crippen molar-refractivity contribution in [2.45, 2.75) is 117 Å². The lowest BCUT2D eigenvalue weighted by Gasteiger charge is -2.58. The summed E-state index contributed by atoms with van der Waals surface area (Å²) in [5.74, 6) is 5.00. The maximum Gasteiger partial charge on any atom is 0.338 e. The Morgan fingerprint density at radius 3 is 2.47 bits per heavy atom. The van der Waals surface area contributed by atoms with Crippen molar-refractivity contribution < 1.29 is 9.53 Å². The van der Waals surface area contributed by atoms with Crippen LogP contribution < -0.4 is 0 Å². The largest absolute Gasteiger partial charge is 0.458 e.